The predicted molar refractivity (Wildman–Crippen MR) is 89.8 cm³/mol. The van der Waals surface area contributed by atoms with Gasteiger partial charge in [-0.3, -0.25) is 5.43 Å². The number of ether oxygens (including phenoxy) is 1. The number of hydrogen-bond donors (Lipinski definition) is 1. The number of hydrazone groups is 1. The number of anilines is 1. The molecule has 0 spiro atoms. The Morgan fingerprint density at radius 3 is 2.64 bits per heavy atom. The molecule has 0 fully saturated rings. The van der Waals surface area contributed by atoms with Crippen LogP contribution < -0.4 is 5.43 Å². The molecule has 0 saturated carbocycles. The number of hydrogen-bond acceptors (Lipinski definition) is 6. The number of carbonyl (C=O) groups is 1. The number of carbonyl (C=O) groups excluding carboxylic acids is 1. The summed E-state index contributed by atoms with van der Waals surface area (Å²) in [6.45, 7) is 7.88. The number of thiazole rings is 1. The van der Waals surface area contributed by atoms with Crippen molar-refractivity contribution >= 4 is 28.1 Å². The number of esters is 1. The summed E-state index contributed by atoms with van der Waals surface area (Å²) >= 11 is 1.24. The largest absolute Gasteiger partial charge is 0.462 e. The number of rotatable bonds is 5. The van der Waals surface area contributed by atoms with Gasteiger partial charge in [-0.25, -0.2) is 9.78 Å². The molecule has 0 atom stereocenters. The average Bonchev–Trinajstić information content (AvgIpc) is 2.87. The average molecular weight is 317 g/mol. The van der Waals surface area contributed by atoms with Gasteiger partial charge in [0.1, 0.15) is 4.88 Å². The van der Waals surface area contributed by atoms with Crippen molar-refractivity contribution < 1.29 is 9.53 Å². The molecule has 116 valence electrons. The van der Waals surface area contributed by atoms with Crippen molar-refractivity contribution in [2.45, 2.75) is 27.7 Å². The minimum absolute atomic E-state index is 0.343. The summed E-state index contributed by atoms with van der Waals surface area (Å²) in [4.78, 5) is 16.6. The maximum absolute atomic E-state index is 11.8. The van der Waals surface area contributed by atoms with E-state index in [1.165, 1.54) is 16.9 Å². The second-order valence-electron chi connectivity index (χ2n) is 4.83. The summed E-state index contributed by atoms with van der Waals surface area (Å²) in [5.74, 6) is -0.343. The molecule has 1 heterocycles. The van der Waals surface area contributed by atoms with Gasteiger partial charge in [0.25, 0.3) is 0 Å². The van der Waals surface area contributed by atoms with Gasteiger partial charge < -0.3 is 4.74 Å². The Morgan fingerprint density at radius 1 is 1.32 bits per heavy atom. The van der Waals surface area contributed by atoms with Crippen molar-refractivity contribution in [3.05, 3.63) is 46.0 Å². The van der Waals surface area contributed by atoms with Crippen molar-refractivity contribution in [1.29, 1.82) is 0 Å². The normalized spacial score (nSPS) is 11.4. The van der Waals surface area contributed by atoms with E-state index in [9.17, 15) is 4.79 Å². The summed E-state index contributed by atoms with van der Waals surface area (Å²) in [7, 11) is 0. The minimum Gasteiger partial charge on any atom is -0.462 e. The van der Waals surface area contributed by atoms with Gasteiger partial charge in [0.2, 0.25) is 5.13 Å². The molecule has 2 rings (SSSR count). The van der Waals surface area contributed by atoms with Crippen molar-refractivity contribution in [2.24, 2.45) is 5.10 Å². The Balaban J connectivity index is 2.11. The van der Waals surface area contributed by atoms with Crippen molar-refractivity contribution in [3.63, 3.8) is 0 Å². The fourth-order valence-electron chi connectivity index (χ4n) is 1.82. The third-order valence-electron chi connectivity index (χ3n) is 3.05. The van der Waals surface area contributed by atoms with Crippen LogP contribution in [0.25, 0.3) is 0 Å². The van der Waals surface area contributed by atoms with Crippen molar-refractivity contribution in [2.75, 3.05) is 12.0 Å². The lowest BCUT2D eigenvalue weighted by Gasteiger charge is -2.01. The summed E-state index contributed by atoms with van der Waals surface area (Å²) in [6.07, 6.45) is 0. The number of nitrogens with zero attached hydrogens (tertiary/aromatic N) is 2. The molecule has 6 heteroatoms. The van der Waals surface area contributed by atoms with Crippen molar-refractivity contribution in [3.8, 4) is 0 Å². The van der Waals surface area contributed by atoms with Crippen molar-refractivity contribution in [1.82, 2.24) is 4.98 Å². The Morgan fingerprint density at radius 2 is 2.00 bits per heavy atom. The SMILES string of the molecule is CCOC(=O)c1sc(N/N=C(/C)c2ccc(C)cc2)nc1C. The highest BCUT2D eigenvalue weighted by Gasteiger charge is 2.16. The Bertz CT molecular complexity index is 690. The molecule has 0 unspecified atom stereocenters. The molecular formula is C16H19N3O2S. The molecular weight excluding hydrogens is 298 g/mol. The fraction of sp³-hybridized carbons (Fsp3) is 0.312. The lowest BCUT2D eigenvalue weighted by molar-refractivity contribution is 0.0531. The van der Waals surface area contributed by atoms with Crippen LogP contribution in [0, 0.1) is 13.8 Å². The number of benzene rings is 1. The number of aryl methyl sites for hydroxylation is 2. The first-order valence-electron chi connectivity index (χ1n) is 7.03. The molecule has 1 aromatic heterocycles. The highest BCUT2D eigenvalue weighted by atomic mass is 32.1. The molecule has 0 radical (unpaired) electrons. The highest BCUT2D eigenvalue weighted by molar-refractivity contribution is 7.17. The zero-order valence-corrected chi connectivity index (χ0v) is 14.0. The van der Waals surface area contributed by atoms with Crippen LogP contribution in [0.3, 0.4) is 0 Å². The second-order valence-corrected chi connectivity index (χ2v) is 5.83. The third-order valence-corrected chi connectivity index (χ3v) is 4.09. The summed E-state index contributed by atoms with van der Waals surface area (Å²) in [5, 5.41) is 4.89. The minimum atomic E-state index is -0.343. The van der Waals surface area contributed by atoms with E-state index in [1.54, 1.807) is 13.8 Å². The van der Waals surface area contributed by atoms with E-state index >= 15 is 0 Å². The van der Waals surface area contributed by atoms with Gasteiger partial charge in [-0.1, -0.05) is 41.2 Å². The first kappa shape index (κ1) is 16.2. The fourth-order valence-corrected chi connectivity index (χ4v) is 2.62. The molecule has 22 heavy (non-hydrogen) atoms. The predicted octanol–water partition coefficient (Wildman–Crippen LogP) is 3.77. The number of nitrogens with one attached hydrogen (secondary N) is 1. The van der Waals surface area contributed by atoms with Gasteiger partial charge in [0.15, 0.2) is 0 Å². The number of aromatic nitrogens is 1. The molecule has 1 N–H and O–H groups in total. The lowest BCUT2D eigenvalue weighted by Crippen LogP contribution is -2.03. The molecule has 0 amide bonds. The van der Waals surface area contributed by atoms with Gasteiger partial charge >= 0.3 is 5.97 Å². The van der Waals surface area contributed by atoms with Gasteiger partial charge in [-0.15, -0.1) is 0 Å². The smallest absolute Gasteiger partial charge is 0.350 e. The molecule has 0 saturated heterocycles. The molecule has 0 bridgehead atoms. The molecule has 0 aliphatic heterocycles. The molecule has 2 aromatic rings. The maximum Gasteiger partial charge on any atom is 0.350 e. The molecule has 5 nitrogen and oxygen atoms in total. The maximum atomic E-state index is 11.8. The first-order chi connectivity index (χ1) is 10.5. The van der Waals surface area contributed by atoms with Crippen LogP contribution in [0.1, 0.15) is 40.3 Å². The van der Waals surface area contributed by atoms with E-state index in [2.05, 4.69) is 15.5 Å². The van der Waals surface area contributed by atoms with Crippen LogP contribution in [0.15, 0.2) is 29.4 Å². The van der Waals surface area contributed by atoms with Gasteiger partial charge in [0, 0.05) is 0 Å². The van der Waals surface area contributed by atoms with Crippen LogP contribution in [0.5, 0.6) is 0 Å². The molecule has 1 aromatic carbocycles. The van der Waals surface area contributed by atoms with Crippen LogP contribution in [0.2, 0.25) is 0 Å². The van der Waals surface area contributed by atoms with Gasteiger partial charge in [0.05, 0.1) is 18.0 Å². The standard InChI is InChI=1S/C16H19N3O2S/c1-5-21-15(20)14-12(4)17-16(22-14)19-18-11(3)13-8-6-10(2)7-9-13/h6-9H,5H2,1-4H3,(H,17,19)/b18-11-. The highest BCUT2D eigenvalue weighted by Crippen LogP contribution is 2.23. The quantitative estimate of drug-likeness (QED) is 0.518. The van der Waals surface area contributed by atoms with E-state index in [0.717, 1.165) is 11.3 Å². The van der Waals surface area contributed by atoms with E-state index in [4.69, 9.17) is 4.74 Å². The van der Waals surface area contributed by atoms with E-state index < -0.39 is 0 Å². The van der Waals surface area contributed by atoms with Crippen LogP contribution in [-0.4, -0.2) is 23.3 Å². The summed E-state index contributed by atoms with van der Waals surface area (Å²) in [6, 6.07) is 8.13. The van der Waals surface area contributed by atoms with Gasteiger partial charge in [-0.2, -0.15) is 5.10 Å². The molecule has 0 aliphatic carbocycles. The van der Waals surface area contributed by atoms with Gasteiger partial charge in [-0.05, 0) is 33.3 Å². The summed E-state index contributed by atoms with van der Waals surface area (Å²) in [5.41, 5.74) is 6.65. The van der Waals surface area contributed by atoms with Crippen LogP contribution in [0.4, 0.5) is 5.13 Å². The topological polar surface area (TPSA) is 63.6 Å². The van der Waals surface area contributed by atoms with Crippen LogP contribution in [-0.2, 0) is 4.74 Å². The van der Waals surface area contributed by atoms with E-state index in [0.29, 0.717) is 22.3 Å². The molecule has 0 aliphatic rings. The third kappa shape index (κ3) is 3.92. The first-order valence-corrected chi connectivity index (χ1v) is 7.84. The van der Waals surface area contributed by atoms with E-state index in [-0.39, 0.29) is 5.97 Å². The zero-order chi connectivity index (χ0) is 16.1. The van der Waals surface area contributed by atoms with E-state index in [1.807, 2.05) is 38.1 Å². The monoisotopic (exact) mass is 317 g/mol. The summed E-state index contributed by atoms with van der Waals surface area (Å²) < 4.78 is 5.00. The lowest BCUT2D eigenvalue weighted by atomic mass is 10.1. The Kier molecular flexibility index (Phi) is 5.27. The Hall–Kier alpha value is -2.21. The zero-order valence-electron chi connectivity index (χ0n) is 13.1. The Labute approximate surface area is 134 Å². The second kappa shape index (κ2) is 7.17. The van der Waals surface area contributed by atoms with Crippen LogP contribution >= 0.6 is 11.3 Å².